The van der Waals surface area contributed by atoms with Gasteiger partial charge in [0, 0.05) is 52.0 Å². The lowest BCUT2D eigenvalue weighted by atomic mass is 9.81. The maximum absolute atomic E-state index is 14.5. The lowest BCUT2D eigenvalue weighted by Gasteiger charge is -2.47. The summed E-state index contributed by atoms with van der Waals surface area (Å²) >= 11 is 0. The number of hydrogen-bond donors (Lipinski definition) is 2. The number of hydrogen-bond acceptors (Lipinski definition) is 12. The highest BCUT2D eigenvalue weighted by Crippen LogP contribution is 2.42. The molecule has 2 saturated heterocycles. The van der Waals surface area contributed by atoms with E-state index in [1.165, 1.54) is 4.90 Å². The molecule has 2 N–H and O–H groups in total. The summed E-state index contributed by atoms with van der Waals surface area (Å²) in [5.74, 6) is -7.34. The van der Waals surface area contributed by atoms with Crippen molar-refractivity contribution >= 4 is 31.8 Å². The fourth-order valence-electron chi connectivity index (χ4n) is 10.1. The zero-order valence-electron chi connectivity index (χ0n) is 41.1. The summed E-state index contributed by atoms with van der Waals surface area (Å²) in [6.07, 6.45) is 5.23. The normalized spacial score (nSPS) is 38.0. The SMILES string of the molecule is CCC1C=C(C)CC(C)CC(OC)C2OC(O)(C(=O)C(=O)N3CCCCC3C(=O)OC(C(C)=CC3CCC(O[Si](C)(C)C(C)(C)C)C(OC)C3)C(C)C(O)CC1=O)C(C)CC2OC. The molecule has 4 rings (SSSR count). The number of ether oxygens (including phenoxy) is 5. The molecular formula is C49H83NO12Si. The van der Waals surface area contributed by atoms with Crippen molar-refractivity contribution in [1.82, 2.24) is 4.90 Å². The molecule has 1 amide bonds. The Bertz CT molecular complexity index is 1640. The Labute approximate surface area is 379 Å². The van der Waals surface area contributed by atoms with E-state index in [2.05, 4.69) is 46.9 Å². The highest BCUT2D eigenvalue weighted by atomic mass is 28.4. The summed E-state index contributed by atoms with van der Waals surface area (Å²) < 4.78 is 37.3. The van der Waals surface area contributed by atoms with Crippen LogP contribution in [0.15, 0.2) is 23.3 Å². The number of fused-ring (bicyclic) bond motifs is 3. The maximum atomic E-state index is 14.5. The molecule has 14 heteroatoms. The van der Waals surface area contributed by atoms with Gasteiger partial charge in [-0.2, -0.15) is 0 Å². The van der Waals surface area contributed by atoms with Crippen LogP contribution < -0.4 is 0 Å². The van der Waals surface area contributed by atoms with E-state index in [0.717, 1.165) is 24.0 Å². The standard InChI is InChI=1S/C49H83NO12Si/c1-15-35-23-29(2)22-30(3)24-41(58-11)44-42(59-12)26-32(5)49(56,61-44)45(53)46(54)50-21-17-16-18-36(50)47(55)60-43(33(6)37(51)28-38(35)52)31(4)25-34-19-20-39(40(27-34)57-10)62-63(13,14)48(7,8)9/h23,25,30,32-37,39-44,51,56H,15-22,24,26-28H2,1-14H3. The number of ketones is 2. The minimum atomic E-state index is -2.50. The molecule has 1 saturated carbocycles. The number of cyclic esters (lactones) is 1. The van der Waals surface area contributed by atoms with Crippen molar-refractivity contribution in [3.8, 4) is 0 Å². The van der Waals surface area contributed by atoms with E-state index >= 15 is 0 Å². The van der Waals surface area contributed by atoms with Gasteiger partial charge in [0.2, 0.25) is 5.79 Å². The Balaban J connectivity index is 1.74. The van der Waals surface area contributed by atoms with Crippen molar-refractivity contribution in [3.63, 3.8) is 0 Å². The van der Waals surface area contributed by atoms with Crippen LogP contribution in [0.3, 0.4) is 0 Å². The number of rotatable bonds is 8. The van der Waals surface area contributed by atoms with Gasteiger partial charge >= 0.3 is 5.97 Å². The molecule has 14 unspecified atom stereocenters. The van der Waals surface area contributed by atoms with Crippen molar-refractivity contribution in [2.45, 2.75) is 206 Å². The molecule has 63 heavy (non-hydrogen) atoms. The fourth-order valence-corrected chi connectivity index (χ4v) is 11.4. The summed E-state index contributed by atoms with van der Waals surface area (Å²) in [5.41, 5.74) is 1.72. The second-order valence-electron chi connectivity index (χ2n) is 21.0. The molecule has 0 aromatic heterocycles. The molecule has 0 aromatic rings. The molecule has 3 fully saturated rings. The molecule has 3 heterocycles. The molecule has 360 valence electrons. The average molecular weight is 906 g/mol. The van der Waals surface area contributed by atoms with E-state index in [0.29, 0.717) is 38.5 Å². The number of nitrogens with zero attached hydrogens (tertiary/aromatic N) is 1. The van der Waals surface area contributed by atoms with Gasteiger partial charge in [0.05, 0.1) is 30.5 Å². The third-order valence-corrected chi connectivity index (χ3v) is 19.6. The number of Topliss-reactive ketones (excluding diaryl/α,β-unsaturated/α-hetero) is 2. The van der Waals surface area contributed by atoms with E-state index < -0.39 is 86.1 Å². The van der Waals surface area contributed by atoms with Crippen LogP contribution in [0.25, 0.3) is 0 Å². The van der Waals surface area contributed by atoms with Gasteiger partial charge < -0.3 is 43.2 Å². The van der Waals surface area contributed by atoms with Gasteiger partial charge in [-0.1, -0.05) is 66.2 Å². The highest BCUT2D eigenvalue weighted by Gasteiger charge is 2.57. The Morgan fingerprint density at radius 2 is 1.56 bits per heavy atom. The van der Waals surface area contributed by atoms with Crippen LogP contribution in [0.4, 0.5) is 0 Å². The molecule has 1 aliphatic carbocycles. The third kappa shape index (κ3) is 12.8. The van der Waals surface area contributed by atoms with E-state index in [-0.39, 0.29) is 60.7 Å². The second kappa shape index (κ2) is 22.5. The summed E-state index contributed by atoms with van der Waals surface area (Å²) in [4.78, 5) is 58.4. The number of carbonyl (C=O) groups is 4. The minimum Gasteiger partial charge on any atom is -0.456 e. The molecule has 0 aromatic carbocycles. The largest absolute Gasteiger partial charge is 0.456 e. The molecule has 14 atom stereocenters. The highest BCUT2D eigenvalue weighted by molar-refractivity contribution is 6.74. The maximum Gasteiger partial charge on any atom is 0.329 e. The van der Waals surface area contributed by atoms with E-state index in [1.807, 2.05) is 26.8 Å². The first-order chi connectivity index (χ1) is 29.4. The van der Waals surface area contributed by atoms with Crippen LogP contribution in [0.1, 0.15) is 133 Å². The number of carbonyl (C=O) groups excluding carboxylic acids is 4. The molecular weight excluding hydrogens is 823 g/mol. The third-order valence-electron chi connectivity index (χ3n) is 15.1. The lowest BCUT2D eigenvalue weighted by Crippen LogP contribution is -2.64. The average Bonchev–Trinajstić information content (AvgIpc) is 3.23. The van der Waals surface area contributed by atoms with E-state index in [4.69, 9.17) is 28.1 Å². The quantitative estimate of drug-likeness (QED) is 0.107. The predicted molar refractivity (Wildman–Crippen MR) is 244 cm³/mol. The Hall–Kier alpha value is -2.30. The first kappa shape index (κ1) is 53.3. The van der Waals surface area contributed by atoms with Crippen molar-refractivity contribution in [2.24, 2.45) is 29.6 Å². The molecule has 0 spiro atoms. The predicted octanol–water partition coefficient (Wildman–Crippen LogP) is 7.50. The van der Waals surface area contributed by atoms with Crippen LogP contribution in [-0.4, -0.2) is 129 Å². The first-order valence-electron chi connectivity index (χ1n) is 23.7. The van der Waals surface area contributed by atoms with Gasteiger partial charge in [0.1, 0.15) is 24.0 Å². The van der Waals surface area contributed by atoms with Crippen molar-refractivity contribution in [1.29, 1.82) is 0 Å². The van der Waals surface area contributed by atoms with Crippen LogP contribution >= 0.6 is 0 Å². The van der Waals surface area contributed by atoms with Gasteiger partial charge in [-0.3, -0.25) is 14.4 Å². The van der Waals surface area contributed by atoms with Crippen LogP contribution in [0.5, 0.6) is 0 Å². The van der Waals surface area contributed by atoms with Crippen molar-refractivity contribution in [2.75, 3.05) is 27.9 Å². The van der Waals surface area contributed by atoms with Crippen molar-refractivity contribution < 1.29 is 57.5 Å². The number of allylic oxidation sites excluding steroid dienone is 3. The number of amides is 1. The van der Waals surface area contributed by atoms with E-state index in [1.54, 1.807) is 35.2 Å². The van der Waals surface area contributed by atoms with Crippen LogP contribution in [-0.2, 0) is 47.3 Å². The molecule has 4 aliphatic rings. The summed E-state index contributed by atoms with van der Waals surface area (Å²) in [6.45, 7) is 22.6. The fraction of sp³-hybridized carbons (Fsp3) is 0.837. The second-order valence-corrected chi connectivity index (χ2v) is 25.8. The number of piperidine rings is 1. The number of esters is 1. The Kier molecular flexibility index (Phi) is 19.0. The topological polar surface area (TPSA) is 167 Å². The van der Waals surface area contributed by atoms with Gasteiger partial charge in [0.25, 0.3) is 11.7 Å². The Morgan fingerprint density at radius 3 is 2.16 bits per heavy atom. The van der Waals surface area contributed by atoms with E-state index in [9.17, 15) is 29.4 Å². The zero-order chi connectivity index (χ0) is 47.2. The van der Waals surface area contributed by atoms with Gasteiger partial charge in [-0.25, -0.2) is 4.79 Å². The zero-order valence-corrected chi connectivity index (χ0v) is 42.1. The lowest BCUT2D eigenvalue weighted by molar-refractivity contribution is -0.302. The summed E-state index contributed by atoms with van der Waals surface area (Å²) in [5, 5.41) is 24.0. The summed E-state index contributed by atoms with van der Waals surface area (Å²) in [7, 11) is 2.73. The monoisotopic (exact) mass is 906 g/mol. The number of aliphatic hydroxyl groups is 2. The van der Waals surface area contributed by atoms with Crippen molar-refractivity contribution in [3.05, 3.63) is 23.3 Å². The number of methoxy groups -OCH3 is 3. The van der Waals surface area contributed by atoms with Gasteiger partial charge in [-0.05, 0) is 114 Å². The smallest absolute Gasteiger partial charge is 0.329 e. The van der Waals surface area contributed by atoms with Crippen LogP contribution in [0, 0.1) is 29.6 Å². The molecule has 3 aliphatic heterocycles. The first-order valence-corrected chi connectivity index (χ1v) is 26.6. The molecule has 2 bridgehead atoms. The van der Waals surface area contributed by atoms with Gasteiger partial charge in [0.15, 0.2) is 8.32 Å². The van der Waals surface area contributed by atoms with Crippen LogP contribution in [0.2, 0.25) is 18.1 Å². The molecule has 13 nitrogen and oxygen atoms in total. The summed E-state index contributed by atoms with van der Waals surface area (Å²) in [6, 6.07) is -1.12. The minimum absolute atomic E-state index is 0.0381. The molecule has 0 radical (unpaired) electrons. The van der Waals surface area contributed by atoms with Gasteiger partial charge in [-0.15, -0.1) is 0 Å². The Morgan fingerprint density at radius 1 is 0.921 bits per heavy atom. The number of aliphatic hydroxyl groups excluding tert-OH is 1.